The van der Waals surface area contributed by atoms with Gasteiger partial charge in [-0.05, 0) is 48.0 Å². The first kappa shape index (κ1) is 28.7. The van der Waals surface area contributed by atoms with Crippen molar-refractivity contribution in [3.8, 4) is 22.6 Å². The molecule has 3 aromatic carbocycles. The number of hydrogen-bond acceptors (Lipinski definition) is 9. The van der Waals surface area contributed by atoms with E-state index in [1.807, 2.05) is 101 Å². The molecule has 6 aromatic rings. The minimum absolute atomic E-state index is 0.0900. The number of sulfone groups is 1. The molecule has 1 aliphatic rings. The quantitative estimate of drug-likeness (QED) is 0.219. The van der Waals surface area contributed by atoms with Crippen molar-refractivity contribution in [3.05, 3.63) is 108 Å². The highest BCUT2D eigenvalue weighted by molar-refractivity contribution is 7.91. The third-order valence-corrected chi connectivity index (χ3v) is 9.99. The molecule has 0 saturated carbocycles. The van der Waals surface area contributed by atoms with Crippen molar-refractivity contribution in [2.45, 2.75) is 6.42 Å². The van der Waals surface area contributed by atoms with E-state index in [9.17, 15) is 13.2 Å². The fourth-order valence-electron chi connectivity index (χ4n) is 5.37. The molecule has 1 fully saturated rings. The molecule has 1 amide bonds. The Morgan fingerprint density at radius 1 is 0.889 bits per heavy atom. The maximum Gasteiger partial charge on any atom is 0.228 e. The minimum Gasteiger partial charge on any atom is -0.369 e. The molecule has 10 nitrogen and oxygen atoms in total. The number of carbonyl (C=O) groups excluding carboxylic acids is 1. The first-order valence-corrected chi connectivity index (χ1v) is 17.2. The van der Waals surface area contributed by atoms with Crippen LogP contribution in [0.3, 0.4) is 0 Å². The molecule has 0 spiro atoms. The van der Waals surface area contributed by atoms with Gasteiger partial charge < -0.3 is 15.5 Å². The van der Waals surface area contributed by atoms with Gasteiger partial charge in [0, 0.05) is 53.5 Å². The van der Waals surface area contributed by atoms with E-state index in [1.54, 1.807) is 6.20 Å². The van der Waals surface area contributed by atoms with Crippen LogP contribution in [0.5, 0.6) is 0 Å². The number of hydrogen-bond donors (Lipinski definition) is 2. The fourth-order valence-corrected chi connectivity index (χ4v) is 7.28. The number of carbonyl (C=O) groups is 1. The highest BCUT2D eigenvalue weighted by atomic mass is 32.2. The third kappa shape index (κ3) is 6.42. The van der Waals surface area contributed by atoms with E-state index >= 15 is 0 Å². The molecular weight excluding hydrogens is 607 g/mol. The molecule has 2 N–H and O–H groups in total. The summed E-state index contributed by atoms with van der Waals surface area (Å²) >= 11 is 1.53. The Bertz CT molecular complexity index is 2080. The lowest BCUT2D eigenvalue weighted by molar-refractivity contribution is -0.115. The summed E-state index contributed by atoms with van der Waals surface area (Å²) in [5, 5.41) is 8.29. The number of amides is 1. The van der Waals surface area contributed by atoms with Gasteiger partial charge in [-0.3, -0.25) is 9.20 Å². The van der Waals surface area contributed by atoms with Gasteiger partial charge in [0.05, 0.1) is 29.3 Å². The number of anilines is 4. The van der Waals surface area contributed by atoms with Crippen LogP contribution in [0.2, 0.25) is 0 Å². The van der Waals surface area contributed by atoms with Crippen LogP contribution in [0.25, 0.3) is 27.6 Å². The van der Waals surface area contributed by atoms with Crippen LogP contribution in [-0.4, -0.2) is 58.3 Å². The average molecular weight is 636 g/mol. The molecule has 0 bridgehead atoms. The Morgan fingerprint density at radius 2 is 1.69 bits per heavy atom. The lowest BCUT2D eigenvalue weighted by Crippen LogP contribution is -2.40. The van der Waals surface area contributed by atoms with Crippen molar-refractivity contribution in [1.82, 2.24) is 19.4 Å². The first-order valence-electron chi connectivity index (χ1n) is 14.5. The van der Waals surface area contributed by atoms with Crippen molar-refractivity contribution in [1.29, 1.82) is 0 Å². The molecule has 0 atom stereocenters. The number of nitrogens with one attached hydrogen (secondary N) is 2. The Kier molecular flexibility index (Phi) is 7.74. The smallest absolute Gasteiger partial charge is 0.228 e. The topological polar surface area (TPSA) is 122 Å². The minimum atomic E-state index is -2.94. The summed E-state index contributed by atoms with van der Waals surface area (Å²) in [5.74, 6) is 0.694. The molecule has 226 valence electrons. The third-order valence-electron chi connectivity index (χ3n) is 7.62. The van der Waals surface area contributed by atoms with Gasteiger partial charge in [-0.25, -0.2) is 23.4 Å². The molecule has 7 rings (SSSR count). The van der Waals surface area contributed by atoms with Gasteiger partial charge in [-0.2, -0.15) is 0 Å². The molecule has 1 saturated heterocycles. The SMILES string of the molecule is O=C(Cc1ccccc1)Nc1cccc(-c2nc3sccn3c2-c2ccnc(Nc3ccc(N4CCS(=O)(=O)CC4)cc3)n2)c1. The highest BCUT2D eigenvalue weighted by Crippen LogP contribution is 2.35. The highest BCUT2D eigenvalue weighted by Gasteiger charge is 2.22. The summed E-state index contributed by atoms with van der Waals surface area (Å²) in [6.07, 6.45) is 3.97. The summed E-state index contributed by atoms with van der Waals surface area (Å²) in [6.45, 7) is 0.988. The van der Waals surface area contributed by atoms with Crippen LogP contribution in [0.4, 0.5) is 23.0 Å². The maximum atomic E-state index is 12.8. The van der Waals surface area contributed by atoms with Gasteiger partial charge in [-0.15, -0.1) is 11.3 Å². The van der Waals surface area contributed by atoms with Crippen molar-refractivity contribution in [3.63, 3.8) is 0 Å². The monoisotopic (exact) mass is 635 g/mol. The molecule has 0 aliphatic carbocycles. The Labute approximate surface area is 264 Å². The number of imidazole rings is 1. The van der Waals surface area contributed by atoms with Crippen LogP contribution < -0.4 is 15.5 Å². The van der Waals surface area contributed by atoms with Crippen LogP contribution in [-0.2, 0) is 21.1 Å². The largest absolute Gasteiger partial charge is 0.369 e. The Balaban J connectivity index is 1.13. The summed E-state index contributed by atoms with van der Waals surface area (Å²) < 4.78 is 25.6. The number of fused-ring (bicyclic) bond motifs is 1. The van der Waals surface area contributed by atoms with Gasteiger partial charge in [0.15, 0.2) is 14.8 Å². The fraction of sp³-hybridized carbons (Fsp3) is 0.152. The number of thiazole rings is 1. The molecule has 4 heterocycles. The van der Waals surface area contributed by atoms with E-state index in [0.717, 1.165) is 38.9 Å². The molecule has 1 aliphatic heterocycles. The van der Waals surface area contributed by atoms with Gasteiger partial charge >= 0.3 is 0 Å². The second kappa shape index (κ2) is 12.1. The second-order valence-electron chi connectivity index (χ2n) is 10.7. The summed E-state index contributed by atoms with van der Waals surface area (Å²) in [7, 11) is -2.94. The van der Waals surface area contributed by atoms with Gasteiger partial charge in [0.25, 0.3) is 0 Å². The summed E-state index contributed by atoms with van der Waals surface area (Å²) in [6, 6.07) is 27.0. The molecular formula is C33H29N7O3S2. The number of nitrogens with zero attached hydrogens (tertiary/aromatic N) is 5. The van der Waals surface area contributed by atoms with E-state index in [4.69, 9.17) is 9.97 Å². The Morgan fingerprint density at radius 3 is 2.49 bits per heavy atom. The molecule has 12 heteroatoms. The van der Waals surface area contributed by atoms with Gasteiger partial charge in [0.1, 0.15) is 5.69 Å². The number of rotatable bonds is 8. The second-order valence-corrected chi connectivity index (χ2v) is 13.9. The zero-order valence-corrected chi connectivity index (χ0v) is 25.8. The lowest BCUT2D eigenvalue weighted by Gasteiger charge is -2.28. The first-order chi connectivity index (χ1) is 21.9. The van der Waals surface area contributed by atoms with Crippen molar-refractivity contribution < 1.29 is 13.2 Å². The normalized spacial score (nSPS) is 14.4. The molecule has 0 unspecified atom stereocenters. The maximum absolute atomic E-state index is 12.8. The predicted octanol–water partition coefficient (Wildman–Crippen LogP) is 5.68. The molecule has 3 aromatic heterocycles. The van der Waals surface area contributed by atoms with Crippen molar-refractivity contribution in [2.24, 2.45) is 0 Å². The zero-order valence-electron chi connectivity index (χ0n) is 24.1. The predicted molar refractivity (Wildman–Crippen MR) is 179 cm³/mol. The van der Waals surface area contributed by atoms with Crippen molar-refractivity contribution >= 4 is 55.1 Å². The van der Waals surface area contributed by atoms with Gasteiger partial charge in [0.2, 0.25) is 11.9 Å². The van der Waals surface area contributed by atoms with E-state index in [0.29, 0.717) is 36.8 Å². The van der Waals surface area contributed by atoms with Crippen LogP contribution >= 0.6 is 11.3 Å². The lowest BCUT2D eigenvalue weighted by atomic mass is 10.1. The zero-order chi connectivity index (χ0) is 30.8. The van der Waals surface area contributed by atoms with Crippen LogP contribution in [0.1, 0.15) is 5.56 Å². The summed E-state index contributed by atoms with van der Waals surface area (Å²) in [4.78, 5) is 29.9. The van der Waals surface area contributed by atoms with E-state index < -0.39 is 9.84 Å². The van der Waals surface area contributed by atoms with E-state index in [2.05, 4.69) is 20.5 Å². The molecule has 45 heavy (non-hydrogen) atoms. The van der Waals surface area contributed by atoms with E-state index in [1.165, 1.54) is 11.3 Å². The van der Waals surface area contributed by atoms with Gasteiger partial charge in [-0.1, -0.05) is 42.5 Å². The van der Waals surface area contributed by atoms with E-state index in [-0.39, 0.29) is 17.4 Å². The summed E-state index contributed by atoms with van der Waals surface area (Å²) in [5.41, 5.74) is 6.55. The Hall–Kier alpha value is -5.07. The van der Waals surface area contributed by atoms with Crippen LogP contribution in [0.15, 0.2) is 103 Å². The number of aromatic nitrogens is 4. The number of benzene rings is 3. The van der Waals surface area contributed by atoms with Crippen LogP contribution in [0, 0.1) is 0 Å². The molecule has 0 radical (unpaired) electrons. The average Bonchev–Trinajstić information content (AvgIpc) is 3.64. The standard InChI is InChI=1S/C33H29N7O3S2/c41-29(21-23-5-2-1-3-6-23)35-26-8-4-7-24(22-26)30-31(40-15-18-44-33(40)38-30)28-13-14-34-32(37-28)36-25-9-11-27(12-10-25)39-16-19-45(42,43)20-17-39/h1-15,18,22H,16-17,19-21H2,(H,35,41)(H,34,36,37). The van der Waals surface area contributed by atoms with Crippen molar-refractivity contribution in [2.75, 3.05) is 40.1 Å².